The van der Waals surface area contributed by atoms with E-state index in [0.29, 0.717) is 57.8 Å². The number of carbonyl (C=O) groups is 7. The second kappa shape index (κ2) is 46.9. The molecule has 0 spiro atoms. The van der Waals surface area contributed by atoms with Crippen molar-refractivity contribution in [3.63, 3.8) is 0 Å². The third-order valence-corrected chi connectivity index (χ3v) is 20.5. The summed E-state index contributed by atoms with van der Waals surface area (Å²) in [5, 5.41) is 77.8. The number of anilines is 6. The number of aliphatic hydroxyl groups excluding tert-OH is 2. The summed E-state index contributed by atoms with van der Waals surface area (Å²) in [6.07, 6.45) is 4.91. The zero-order valence-corrected chi connectivity index (χ0v) is 81.7. The molecule has 752 valence electrons. The fourth-order valence-corrected chi connectivity index (χ4v) is 14.2. The number of halogens is 9. The van der Waals surface area contributed by atoms with Gasteiger partial charge in [0, 0.05) is 73.0 Å². The number of nitrogens with zero attached hydrogens (tertiary/aromatic N) is 15. The summed E-state index contributed by atoms with van der Waals surface area (Å²) in [6.45, 7) is 22.8. The Hall–Kier alpha value is -11.9. The minimum absolute atomic E-state index is 0.00455. The van der Waals surface area contributed by atoms with E-state index >= 15 is 0 Å². The molecule has 5 amide bonds. The van der Waals surface area contributed by atoms with E-state index in [9.17, 15) is 93.5 Å². The van der Waals surface area contributed by atoms with Gasteiger partial charge in [0.25, 0.3) is 11.8 Å². The van der Waals surface area contributed by atoms with Gasteiger partial charge in [-0.3, -0.25) is 38.3 Å². The topological polar surface area (TPSA) is 516 Å². The number of carboxylic acid groups (broad SMARTS) is 1. The standard InChI is InChI=1S/C29H37F3N6O6.C29H35F3N6O6.C16H16F3N3O5.C13H23N3O2.C2H6.O.W/c2*1-27(2,3)44-26(41)37(16-29(30,31)32)22-12-18(10-11-33-22)25-35-21(15-43-25)24(40)34-20-13-38(36-23(20)28(4,5)42)19-8-6-17(14-39)7-9-19;1-15(2,3)27-14(25)22(8-16(17,18)19)11-6-9(4-5-20-11)12-21-10(7-26-12)13(23)24;1-13(2,18)12-11(14)7-16(15-12)10-5-3-9(8-17)4-6-10;1-2;;/h10-13,15,17,19,39,42H,6-9,14,16H2,1-5H3,(H,34,40);10-15,17,19,42H,6-9,16H2,1-5H3,(H,34,40);4-7H,8H2,1-3H3,(H,23,24);7,9-10,17-18H,3-6,8,14H2,1-2H3;1-2H3;;. The monoisotopic (exact) mass is 2110 g/mol. The number of aromatic carboxylic acids is 1. The number of ether oxygens (including phenoxy) is 3. The van der Waals surface area contributed by atoms with E-state index in [-0.39, 0.29) is 129 Å². The molecule has 0 atom stereocenters. The molecule has 3 fully saturated rings. The fourth-order valence-electron chi connectivity index (χ4n) is 14.2. The number of aldehydes is 1. The van der Waals surface area contributed by atoms with Crippen molar-refractivity contribution in [1.82, 2.24) is 59.2 Å². The molecule has 9 aromatic rings. The molecule has 10 N–H and O–H groups in total. The Balaban J connectivity index is 0.000000257. The van der Waals surface area contributed by atoms with E-state index < -0.39 is 108 Å². The quantitative estimate of drug-likeness (QED) is 0.0163. The van der Waals surface area contributed by atoms with E-state index in [1.807, 2.05) is 24.7 Å². The van der Waals surface area contributed by atoms with Crippen molar-refractivity contribution in [2.24, 2.45) is 17.8 Å². The van der Waals surface area contributed by atoms with Gasteiger partial charge in [0.15, 0.2) is 17.1 Å². The molecule has 3 aliphatic rings. The Morgan fingerprint density at radius 2 is 0.737 bits per heavy atom. The number of hydrogen-bond acceptors (Lipinski definition) is 29. The molecule has 137 heavy (non-hydrogen) atoms. The molecule has 0 unspecified atom stereocenters. The zero-order valence-electron chi connectivity index (χ0n) is 78.7. The second-order valence-corrected chi connectivity index (χ2v) is 36.8. The summed E-state index contributed by atoms with van der Waals surface area (Å²) in [6, 6.07) is 7.98. The van der Waals surface area contributed by atoms with Crippen LogP contribution in [0.4, 0.5) is 88.4 Å². The number of amides is 5. The van der Waals surface area contributed by atoms with Crippen LogP contribution in [0.5, 0.6) is 0 Å². The molecule has 0 radical (unpaired) electrons. The summed E-state index contributed by atoms with van der Waals surface area (Å²) in [7, 11) is 0. The number of aliphatic hydroxyl groups is 5. The van der Waals surface area contributed by atoms with Crippen LogP contribution >= 0.6 is 0 Å². The van der Waals surface area contributed by atoms with Gasteiger partial charge >= 0.3 is 66.0 Å². The predicted molar refractivity (Wildman–Crippen MR) is 473 cm³/mol. The van der Waals surface area contributed by atoms with Crippen LogP contribution in [0.2, 0.25) is 0 Å². The van der Waals surface area contributed by atoms with Crippen LogP contribution in [-0.4, -0.2) is 200 Å². The van der Waals surface area contributed by atoms with E-state index in [1.54, 1.807) is 49.5 Å². The summed E-state index contributed by atoms with van der Waals surface area (Å²) in [5.74, 6) is -3.41. The Labute approximate surface area is 794 Å². The molecule has 48 heteroatoms. The Bertz CT molecular complexity index is 5490. The van der Waals surface area contributed by atoms with Gasteiger partial charge in [0.1, 0.15) is 113 Å². The van der Waals surface area contributed by atoms with Gasteiger partial charge in [-0.2, -0.15) is 54.8 Å². The van der Waals surface area contributed by atoms with Crippen molar-refractivity contribution in [1.29, 1.82) is 0 Å². The average Bonchev–Trinajstić information content (AvgIpc) is 1.64. The molecule has 0 aliphatic heterocycles. The molecular formula is C89H117F9N18O20W. The second-order valence-electron chi connectivity index (χ2n) is 36.8. The van der Waals surface area contributed by atoms with E-state index in [2.05, 4.69) is 55.8 Å². The number of aromatic nitrogens is 12. The third kappa shape index (κ3) is 34.0. The molecule has 3 saturated carbocycles. The van der Waals surface area contributed by atoms with Crippen molar-refractivity contribution in [3.8, 4) is 34.4 Å². The number of nitrogen functional groups attached to an aromatic ring is 1. The van der Waals surface area contributed by atoms with Gasteiger partial charge in [0.2, 0.25) is 17.7 Å². The van der Waals surface area contributed by atoms with Crippen molar-refractivity contribution >= 4 is 76.9 Å². The number of carbonyl (C=O) groups excluding carboxylic acids is 6. The van der Waals surface area contributed by atoms with Gasteiger partial charge in [0.05, 0.1) is 35.2 Å². The maximum atomic E-state index is 13.3. The molecule has 3 aliphatic carbocycles. The first-order chi connectivity index (χ1) is 63.6. The van der Waals surface area contributed by atoms with Crippen LogP contribution in [0.25, 0.3) is 34.4 Å². The zero-order chi connectivity index (χ0) is 103. The van der Waals surface area contributed by atoms with Crippen LogP contribution in [-0.2, 0) is 59.0 Å². The van der Waals surface area contributed by atoms with Gasteiger partial charge in [-0.1, -0.05) is 13.8 Å². The fraction of sp³-hybridized carbons (Fsp3) is 0.551. The third-order valence-electron chi connectivity index (χ3n) is 20.5. The molecular weight excluding hydrogens is 2000 g/mol. The summed E-state index contributed by atoms with van der Waals surface area (Å²) in [5.41, 5.74) is 0.914. The average molecular weight is 2110 g/mol. The number of pyridine rings is 3. The van der Waals surface area contributed by atoms with E-state index in [1.165, 1.54) is 119 Å². The van der Waals surface area contributed by atoms with Crippen LogP contribution in [0.15, 0.2) is 106 Å². The van der Waals surface area contributed by atoms with Gasteiger partial charge < -0.3 is 79.3 Å². The molecule has 38 nitrogen and oxygen atoms in total. The van der Waals surface area contributed by atoms with E-state index in [4.69, 9.17) is 46.8 Å². The van der Waals surface area contributed by atoms with Crippen LogP contribution in [0, 0.1) is 17.8 Å². The molecule has 9 heterocycles. The first kappa shape index (κ1) is 112. The van der Waals surface area contributed by atoms with Gasteiger partial charge in [-0.15, -0.1) is 0 Å². The number of hydrogen-bond donors (Lipinski definition) is 9. The van der Waals surface area contributed by atoms with Crippen molar-refractivity contribution in [3.05, 3.63) is 127 Å². The SMILES string of the molecule is CC.CC(C)(C)OC(=O)N(CC(F)(F)F)c1cc(-c2nc(C(=O)Nc3cn(C4CCC(C=O)CC4)nc3C(C)(C)O)co2)ccn1.CC(C)(C)OC(=O)N(CC(F)(F)F)c1cc(-c2nc(C(=O)Nc3cn(C4CCC(CO)CC4)nc3C(C)(C)O)co2)ccn1.CC(C)(C)OC(=O)N(CC(F)(F)F)c1cc(-c2nc(C(=O)O)co2)ccn1.CC(C)(O)c1nn(C2CCC(CO)CC2)cc1N.[O]=[W]. The number of oxazole rings is 3. The number of rotatable bonds is 23. The first-order valence-corrected chi connectivity index (χ1v) is 44.7. The van der Waals surface area contributed by atoms with Gasteiger partial charge in [-0.05, 0) is 229 Å². The molecule has 9 aromatic heterocycles. The molecule has 0 bridgehead atoms. The minimum atomic E-state index is -4.74. The maximum absolute atomic E-state index is 13.3. The van der Waals surface area contributed by atoms with Crippen LogP contribution in [0.3, 0.4) is 0 Å². The first-order valence-electron chi connectivity index (χ1n) is 43.5. The number of alkyl halides is 9. The Kier molecular flexibility index (Phi) is 38.4. The summed E-state index contributed by atoms with van der Waals surface area (Å²) >= 11 is 0.333. The molecule has 12 rings (SSSR count). The number of nitrogens with one attached hydrogen (secondary N) is 2. The van der Waals surface area contributed by atoms with E-state index in [0.717, 1.165) is 114 Å². The summed E-state index contributed by atoms with van der Waals surface area (Å²) in [4.78, 5) is 111. The van der Waals surface area contributed by atoms with Crippen LogP contribution in [0.1, 0.15) is 261 Å². The Morgan fingerprint density at radius 1 is 0.460 bits per heavy atom. The molecule has 0 aromatic carbocycles. The summed E-state index contributed by atoms with van der Waals surface area (Å²) < 4.78 is 164. The normalized spacial score (nSPS) is 17.1. The molecule has 0 saturated heterocycles. The van der Waals surface area contributed by atoms with Crippen LogP contribution < -0.4 is 31.1 Å². The number of nitrogens with two attached hydrogens (primary N) is 1. The Morgan fingerprint density at radius 3 is 0.993 bits per heavy atom. The van der Waals surface area contributed by atoms with Crippen molar-refractivity contribution in [2.75, 3.05) is 63.9 Å². The van der Waals surface area contributed by atoms with Gasteiger partial charge in [-0.25, -0.2) is 49.1 Å². The predicted octanol–water partition coefficient (Wildman–Crippen LogP) is 17.1. The van der Waals surface area contributed by atoms with Crippen molar-refractivity contribution in [2.45, 2.75) is 265 Å². The van der Waals surface area contributed by atoms with Crippen molar-refractivity contribution < 1.29 is 154 Å². The number of carboxylic acids is 1.